The van der Waals surface area contributed by atoms with E-state index in [1.807, 2.05) is 42.5 Å². The smallest absolute Gasteiger partial charge is 0.319 e. The summed E-state index contributed by atoms with van der Waals surface area (Å²) in [5.74, 6) is 0.606. The van der Waals surface area contributed by atoms with Gasteiger partial charge in [0.1, 0.15) is 5.76 Å². The minimum absolute atomic E-state index is 0.287. The van der Waals surface area contributed by atoms with Gasteiger partial charge in [0.2, 0.25) is 0 Å². The molecule has 0 saturated heterocycles. The van der Waals surface area contributed by atoms with Gasteiger partial charge in [0.15, 0.2) is 6.39 Å². The molecular weight excluding hydrogens is 310 g/mol. The maximum Gasteiger partial charge on any atom is 0.319 e. The van der Waals surface area contributed by atoms with Crippen molar-refractivity contribution in [1.29, 1.82) is 0 Å². The minimum atomic E-state index is -0.287. The molecule has 3 aromatic rings. The summed E-state index contributed by atoms with van der Waals surface area (Å²) in [7, 11) is 0. The molecule has 0 spiro atoms. The highest BCUT2D eigenvalue weighted by molar-refractivity contribution is 7.99. The molecule has 23 heavy (non-hydrogen) atoms. The third-order valence-corrected chi connectivity index (χ3v) is 4.01. The normalized spacial score (nSPS) is 10.3. The van der Waals surface area contributed by atoms with Crippen molar-refractivity contribution in [2.24, 2.45) is 0 Å². The van der Waals surface area contributed by atoms with Crippen molar-refractivity contribution in [3.05, 3.63) is 72.9 Å². The summed E-state index contributed by atoms with van der Waals surface area (Å²) in [6, 6.07) is 17.6. The third kappa shape index (κ3) is 4.62. The molecule has 2 amide bonds. The second-order valence-corrected chi connectivity index (χ2v) is 5.86. The number of urea groups is 1. The first-order valence-corrected chi connectivity index (χ1v) is 7.86. The molecule has 0 aliphatic rings. The van der Waals surface area contributed by atoms with Crippen LogP contribution in [0.1, 0.15) is 5.76 Å². The van der Waals surface area contributed by atoms with E-state index in [9.17, 15) is 4.79 Å². The van der Waals surface area contributed by atoms with Gasteiger partial charge in [0.25, 0.3) is 0 Å². The molecule has 2 aromatic carbocycles. The van der Waals surface area contributed by atoms with Crippen LogP contribution in [0.5, 0.6) is 0 Å². The molecule has 0 fully saturated rings. The number of hydrogen-bond donors (Lipinski definition) is 2. The molecule has 0 aliphatic carbocycles. The monoisotopic (exact) mass is 325 g/mol. The van der Waals surface area contributed by atoms with Gasteiger partial charge in [0, 0.05) is 15.5 Å². The van der Waals surface area contributed by atoms with Crippen molar-refractivity contribution in [2.75, 3.05) is 5.32 Å². The Morgan fingerprint density at radius 3 is 2.48 bits per heavy atom. The average Bonchev–Trinajstić information content (AvgIpc) is 3.09. The molecule has 1 aromatic heterocycles. The molecule has 0 bridgehead atoms. The number of benzene rings is 2. The fourth-order valence-corrected chi connectivity index (χ4v) is 2.74. The Morgan fingerprint density at radius 2 is 1.78 bits per heavy atom. The Kier molecular flexibility index (Phi) is 4.95. The summed E-state index contributed by atoms with van der Waals surface area (Å²) in [4.78, 5) is 17.9. The van der Waals surface area contributed by atoms with Crippen LogP contribution >= 0.6 is 11.8 Å². The van der Waals surface area contributed by atoms with Crippen molar-refractivity contribution >= 4 is 23.5 Å². The molecular formula is C17H15N3O2S. The van der Waals surface area contributed by atoms with Crippen LogP contribution in [0.15, 0.2) is 81.4 Å². The lowest BCUT2D eigenvalue weighted by Gasteiger charge is -2.07. The van der Waals surface area contributed by atoms with Crippen LogP contribution in [0, 0.1) is 0 Å². The second-order valence-electron chi connectivity index (χ2n) is 4.71. The first-order chi connectivity index (χ1) is 11.3. The van der Waals surface area contributed by atoms with Crippen LogP contribution < -0.4 is 10.6 Å². The van der Waals surface area contributed by atoms with E-state index in [1.54, 1.807) is 18.0 Å². The Bertz CT molecular complexity index is 743. The number of nitrogens with zero attached hydrogens (tertiary/aromatic N) is 1. The maximum absolute atomic E-state index is 11.8. The van der Waals surface area contributed by atoms with E-state index in [0.717, 1.165) is 10.6 Å². The first kappa shape index (κ1) is 15.2. The number of amides is 2. The molecule has 2 N–H and O–H groups in total. The predicted molar refractivity (Wildman–Crippen MR) is 89.4 cm³/mol. The van der Waals surface area contributed by atoms with E-state index in [0.29, 0.717) is 12.3 Å². The van der Waals surface area contributed by atoms with Crippen LogP contribution in [0.25, 0.3) is 0 Å². The van der Waals surface area contributed by atoms with Crippen LogP contribution in [-0.4, -0.2) is 11.0 Å². The molecule has 0 unspecified atom stereocenters. The summed E-state index contributed by atoms with van der Waals surface area (Å²) in [6.07, 6.45) is 2.90. The predicted octanol–water partition coefficient (Wildman–Crippen LogP) is 4.15. The zero-order valence-electron chi connectivity index (χ0n) is 12.2. The number of nitrogens with one attached hydrogen (secondary N) is 2. The Hall–Kier alpha value is -2.73. The fourth-order valence-electron chi connectivity index (χ4n) is 1.90. The summed E-state index contributed by atoms with van der Waals surface area (Å²) < 4.78 is 5.05. The molecule has 0 aliphatic heterocycles. The number of carbonyl (C=O) groups is 1. The van der Waals surface area contributed by atoms with Gasteiger partial charge < -0.3 is 15.1 Å². The summed E-state index contributed by atoms with van der Waals surface area (Å²) >= 11 is 1.68. The van der Waals surface area contributed by atoms with Crippen molar-refractivity contribution in [1.82, 2.24) is 10.3 Å². The third-order valence-electron chi connectivity index (χ3n) is 3.00. The van der Waals surface area contributed by atoms with Gasteiger partial charge in [-0.15, -0.1) is 0 Å². The molecule has 3 rings (SSSR count). The number of anilines is 1. The number of carbonyl (C=O) groups excluding carboxylic acids is 1. The summed E-state index contributed by atoms with van der Waals surface area (Å²) in [5.41, 5.74) is 0.734. The largest absolute Gasteiger partial charge is 0.447 e. The number of rotatable bonds is 5. The fraction of sp³-hybridized carbons (Fsp3) is 0.0588. The van der Waals surface area contributed by atoms with E-state index in [2.05, 4.69) is 27.8 Å². The lowest BCUT2D eigenvalue weighted by atomic mass is 10.3. The average molecular weight is 325 g/mol. The van der Waals surface area contributed by atoms with E-state index >= 15 is 0 Å². The molecule has 0 radical (unpaired) electrons. The topological polar surface area (TPSA) is 67.2 Å². The lowest BCUT2D eigenvalue weighted by Crippen LogP contribution is -2.27. The molecule has 0 saturated carbocycles. The van der Waals surface area contributed by atoms with Crippen LogP contribution in [0.4, 0.5) is 10.5 Å². The van der Waals surface area contributed by atoms with E-state index < -0.39 is 0 Å². The van der Waals surface area contributed by atoms with Crippen molar-refractivity contribution in [3.8, 4) is 0 Å². The minimum Gasteiger partial charge on any atom is -0.447 e. The molecule has 1 heterocycles. The second kappa shape index (κ2) is 7.51. The Labute approximate surface area is 138 Å². The van der Waals surface area contributed by atoms with Gasteiger partial charge in [-0.1, -0.05) is 30.0 Å². The Morgan fingerprint density at radius 1 is 1.04 bits per heavy atom. The Balaban J connectivity index is 1.51. The molecule has 116 valence electrons. The van der Waals surface area contributed by atoms with Crippen molar-refractivity contribution in [2.45, 2.75) is 16.3 Å². The zero-order valence-corrected chi connectivity index (χ0v) is 13.0. The number of hydrogen-bond acceptors (Lipinski definition) is 4. The SMILES string of the molecule is O=C(NCc1cnco1)Nc1ccc(Sc2ccccc2)cc1. The molecule has 5 nitrogen and oxygen atoms in total. The summed E-state index contributed by atoms with van der Waals surface area (Å²) in [6.45, 7) is 0.299. The first-order valence-electron chi connectivity index (χ1n) is 7.05. The van der Waals surface area contributed by atoms with Crippen LogP contribution in [-0.2, 0) is 6.54 Å². The van der Waals surface area contributed by atoms with E-state index in [-0.39, 0.29) is 6.03 Å². The van der Waals surface area contributed by atoms with Gasteiger partial charge in [-0.3, -0.25) is 0 Å². The van der Waals surface area contributed by atoms with E-state index in [1.165, 1.54) is 11.3 Å². The van der Waals surface area contributed by atoms with Crippen LogP contribution in [0.2, 0.25) is 0 Å². The lowest BCUT2D eigenvalue weighted by molar-refractivity contribution is 0.251. The molecule has 6 heteroatoms. The standard InChI is InChI=1S/C17H15N3O2S/c21-17(19-11-14-10-18-12-22-14)20-13-6-8-16(9-7-13)23-15-4-2-1-3-5-15/h1-10,12H,11H2,(H2,19,20,21). The van der Waals surface area contributed by atoms with Gasteiger partial charge >= 0.3 is 6.03 Å². The highest BCUT2D eigenvalue weighted by atomic mass is 32.2. The van der Waals surface area contributed by atoms with Gasteiger partial charge in [-0.25, -0.2) is 9.78 Å². The maximum atomic E-state index is 11.8. The number of aromatic nitrogens is 1. The quantitative estimate of drug-likeness (QED) is 0.739. The number of oxazole rings is 1. The van der Waals surface area contributed by atoms with Crippen molar-refractivity contribution < 1.29 is 9.21 Å². The highest BCUT2D eigenvalue weighted by Gasteiger charge is 2.04. The molecule has 0 atom stereocenters. The summed E-state index contributed by atoms with van der Waals surface area (Å²) in [5, 5.41) is 5.47. The van der Waals surface area contributed by atoms with E-state index in [4.69, 9.17) is 4.42 Å². The highest BCUT2D eigenvalue weighted by Crippen LogP contribution is 2.28. The zero-order chi connectivity index (χ0) is 15.9. The van der Waals surface area contributed by atoms with Crippen molar-refractivity contribution in [3.63, 3.8) is 0 Å². The van der Waals surface area contributed by atoms with Crippen LogP contribution in [0.3, 0.4) is 0 Å². The van der Waals surface area contributed by atoms with Gasteiger partial charge in [-0.05, 0) is 36.4 Å². The van der Waals surface area contributed by atoms with Gasteiger partial charge in [-0.2, -0.15) is 0 Å². The van der Waals surface area contributed by atoms with Gasteiger partial charge in [0.05, 0.1) is 12.7 Å².